The number of para-hydroxylation sites is 1. The minimum atomic E-state index is -0.442. The lowest BCUT2D eigenvalue weighted by atomic mass is 10.2. The molecule has 0 N–H and O–H groups in total. The third kappa shape index (κ3) is 3.40. The quantitative estimate of drug-likeness (QED) is 0.508. The smallest absolute Gasteiger partial charge is 0.269 e. The highest BCUT2D eigenvalue weighted by molar-refractivity contribution is 5.55. The van der Waals surface area contributed by atoms with Crippen molar-refractivity contribution in [1.29, 1.82) is 0 Å². The van der Waals surface area contributed by atoms with Crippen LogP contribution in [0.4, 0.5) is 11.4 Å². The minimum absolute atomic E-state index is 0.0275. The molecule has 1 heterocycles. The Morgan fingerprint density at radius 1 is 1.08 bits per heavy atom. The van der Waals surface area contributed by atoms with Gasteiger partial charge in [0, 0.05) is 29.9 Å². The Morgan fingerprint density at radius 3 is 2.42 bits per heavy atom. The number of anilines is 1. The number of hydrogen-bond donors (Lipinski definition) is 0. The summed E-state index contributed by atoms with van der Waals surface area (Å²) in [6, 6.07) is 16.0. The Labute approximate surface area is 138 Å². The van der Waals surface area contributed by atoms with E-state index in [1.807, 2.05) is 30.3 Å². The van der Waals surface area contributed by atoms with Crippen LogP contribution in [-0.4, -0.2) is 21.7 Å². The predicted octanol–water partition coefficient (Wildman–Crippen LogP) is 3.67. The van der Waals surface area contributed by atoms with E-state index in [9.17, 15) is 10.1 Å². The summed E-state index contributed by atoms with van der Waals surface area (Å²) in [5, 5.41) is 18.8. The maximum atomic E-state index is 10.7. The van der Waals surface area contributed by atoms with Crippen LogP contribution in [0.2, 0.25) is 0 Å². The monoisotopic (exact) mass is 324 g/mol. The van der Waals surface area contributed by atoms with Gasteiger partial charge >= 0.3 is 0 Å². The number of benzene rings is 2. The highest BCUT2D eigenvalue weighted by atomic mass is 16.6. The van der Waals surface area contributed by atoms with E-state index in [0.717, 1.165) is 12.2 Å². The number of hydrogen-bond acceptors (Lipinski definition) is 6. The highest BCUT2D eigenvalue weighted by Crippen LogP contribution is 2.22. The number of rotatable bonds is 6. The average Bonchev–Trinajstić information content (AvgIpc) is 3.09. The fraction of sp³-hybridized carbons (Fsp3) is 0.176. The van der Waals surface area contributed by atoms with Crippen molar-refractivity contribution in [3.8, 4) is 11.5 Å². The first-order valence-electron chi connectivity index (χ1n) is 7.54. The molecule has 122 valence electrons. The lowest BCUT2D eigenvalue weighted by Crippen LogP contribution is -2.22. The lowest BCUT2D eigenvalue weighted by Gasteiger charge is -2.20. The molecule has 0 radical (unpaired) electrons. The molecule has 7 nitrogen and oxygen atoms in total. The minimum Gasteiger partial charge on any atom is -0.419 e. The molecule has 0 unspecified atom stereocenters. The zero-order valence-electron chi connectivity index (χ0n) is 13.1. The van der Waals surface area contributed by atoms with Crippen molar-refractivity contribution in [2.45, 2.75) is 13.5 Å². The van der Waals surface area contributed by atoms with Gasteiger partial charge in [-0.1, -0.05) is 18.2 Å². The van der Waals surface area contributed by atoms with Gasteiger partial charge in [0.05, 0.1) is 11.5 Å². The zero-order chi connectivity index (χ0) is 16.9. The Hall–Kier alpha value is -3.22. The van der Waals surface area contributed by atoms with Gasteiger partial charge in [0.2, 0.25) is 11.8 Å². The average molecular weight is 324 g/mol. The summed E-state index contributed by atoms with van der Waals surface area (Å²) in [6.07, 6.45) is 0. The van der Waals surface area contributed by atoms with E-state index >= 15 is 0 Å². The third-order valence-electron chi connectivity index (χ3n) is 3.62. The van der Waals surface area contributed by atoms with E-state index in [1.165, 1.54) is 12.1 Å². The summed E-state index contributed by atoms with van der Waals surface area (Å²) in [4.78, 5) is 12.4. The topological polar surface area (TPSA) is 85.3 Å². The molecule has 24 heavy (non-hydrogen) atoms. The first-order chi connectivity index (χ1) is 11.7. The molecular formula is C17H16N4O3. The second-order valence-electron chi connectivity index (χ2n) is 5.15. The summed E-state index contributed by atoms with van der Waals surface area (Å²) in [5.41, 5.74) is 1.76. The molecule has 0 atom stereocenters. The second-order valence-corrected chi connectivity index (χ2v) is 5.15. The molecule has 0 saturated carbocycles. The number of aromatic nitrogens is 2. The normalized spacial score (nSPS) is 10.5. The predicted molar refractivity (Wildman–Crippen MR) is 89.6 cm³/mol. The first-order valence-corrected chi connectivity index (χ1v) is 7.54. The van der Waals surface area contributed by atoms with Crippen molar-refractivity contribution in [3.05, 3.63) is 70.6 Å². The SMILES string of the molecule is CCN(Cc1nnc(-c2ccc([N+](=O)[O-])cc2)o1)c1ccccc1. The Kier molecular flexibility index (Phi) is 4.51. The standard InChI is InChI=1S/C17H16N4O3/c1-2-20(14-6-4-3-5-7-14)12-16-18-19-17(24-16)13-8-10-15(11-9-13)21(22)23/h3-11H,2,12H2,1H3. The maximum absolute atomic E-state index is 10.7. The van der Waals surface area contributed by atoms with Crippen LogP contribution >= 0.6 is 0 Å². The van der Waals surface area contributed by atoms with Crippen LogP contribution in [0.15, 0.2) is 59.0 Å². The summed E-state index contributed by atoms with van der Waals surface area (Å²) in [7, 11) is 0. The Morgan fingerprint density at radius 2 is 1.79 bits per heavy atom. The van der Waals surface area contributed by atoms with E-state index < -0.39 is 4.92 Å². The second kappa shape index (κ2) is 6.91. The molecule has 0 saturated heterocycles. The van der Waals surface area contributed by atoms with Gasteiger partial charge in [0.25, 0.3) is 5.69 Å². The van der Waals surface area contributed by atoms with Gasteiger partial charge in [-0.15, -0.1) is 10.2 Å². The van der Waals surface area contributed by atoms with E-state index in [2.05, 4.69) is 22.0 Å². The molecule has 3 aromatic rings. The van der Waals surface area contributed by atoms with Crippen molar-refractivity contribution in [3.63, 3.8) is 0 Å². The van der Waals surface area contributed by atoms with Crippen LogP contribution in [0.1, 0.15) is 12.8 Å². The van der Waals surface area contributed by atoms with Gasteiger partial charge in [0.1, 0.15) is 0 Å². The van der Waals surface area contributed by atoms with Crippen molar-refractivity contribution in [1.82, 2.24) is 10.2 Å². The highest BCUT2D eigenvalue weighted by Gasteiger charge is 2.13. The fourth-order valence-corrected chi connectivity index (χ4v) is 2.35. The fourth-order valence-electron chi connectivity index (χ4n) is 2.35. The van der Waals surface area contributed by atoms with Crippen LogP contribution in [0.3, 0.4) is 0 Å². The van der Waals surface area contributed by atoms with E-state index in [4.69, 9.17) is 4.42 Å². The van der Waals surface area contributed by atoms with Gasteiger partial charge in [0.15, 0.2) is 0 Å². The van der Waals surface area contributed by atoms with Crippen LogP contribution in [0, 0.1) is 10.1 Å². The summed E-state index contributed by atoms with van der Waals surface area (Å²) in [5.74, 6) is 0.845. The van der Waals surface area contributed by atoms with Crippen molar-refractivity contribution in [2.75, 3.05) is 11.4 Å². The zero-order valence-corrected chi connectivity index (χ0v) is 13.1. The van der Waals surface area contributed by atoms with Gasteiger partial charge in [-0.3, -0.25) is 10.1 Å². The largest absolute Gasteiger partial charge is 0.419 e. The number of nitrogens with zero attached hydrogens (tertiary/aromatic N) is 4. The summed E-state index contributed by atoms with van der Waals surface area (Å²) >= 11 is 0. The van der Waals surface area contributed by atoms with E-state index in [0.29, 0.717) is 23.9 Å². The van der Waals surface area contributed by atoms with Gasteiger partial charge in [-0.05, 0) is 31.2 Å². The summed E-state index contributed by atoms with van der Waals surface area (Å²) in [6.45, 7) is 3.36. The molecule has 0 spiro atoms. The van der Waals surface area contributed by atoms with Crippen LogP contribution < -0.4 is 4.90 Å². The summed E-state index contributed by atoms with van der Waals surface area (Å²) < 4.78 is 5.69. The number of non-ortho nitro benzene ring substituents is 1. The molecule has 1 aromatic heterocycles. The molecule has 0 amide bonds. The van der Waals surface area contributed by atoms with E-state index in [-0.39, 0.29) is 5.69 Å². The van der Waals surface area contributed by atoms with Gasteiger partial charge in [-0.25, -0.2) is 0 Å². The van der Waals surface area contributed by atoms with Crippen LogP contribution in [0.5, 0.6) is 0 Å². The molecule has 0 aliphatic heterocycles. The Bertz CT molecular complexity index is 815. The lowest BCUT2D eigenvalue weighted by molar-refractivity contribution is -0.384. The number of nitro groups is 1. The van der Waals surface area contributed by atoms with Gasteiger partial charge < -0.3 is 9.32 Å². The van der Waals surface area contributed by atoms with Crippen LogP contribution in [0.25, 0.3) is 11.5 Å². The van der Waals surface area contributed by atoms with Crippen LogP contribution in [-0.2, 0) is 6.54 Å². The molecular weight excluding hydrogens is 308 g/mol. The maximum Gasteiger partial charge on any atom is 0.269 e. The van der Waals surface area contributed by atoms with Gasteiger partial charge in [-0.2, -0.15) is 0 Å². The first kappa shape index (κ1) is 15.7. The third-order valence-corrected chi connectivity index (χ3v) is 3.62. The molecule has 3 rings (SSSR count). The molecule has 0 bridgehead atoms. The van der Waals surface area contributed by atoms with Crippen molar-refractivity contribution >= 4 is 11.4 Å². The molecule has 0 aliphatic rings. The molecule has 0 fully saturated rings. The van der Waals surface area contributed by atoms with E-state index in [1.54, 1.807) is 12.1 Å². The van der Waals surface area contributed by atoms with Crippen molar-refractivity contribution in [2.24, 2.45) is 0 Å². The van der Waals surface area contributed by atoms with Crippen molar-refractivity contribution < 1.29 is 9.34 Å². The molecule has 7 heteroatoms. The molecule has 2 aromatic carbocycles. The number of nitro benzene ring substituents is 1. The Balaban J connectivity index is 1.76. The molecule has 0 aliphatic carbocycles.